The first-order valence-electron chi connectivity index (χ1n) is 7.36. The van der Waals surface area contributed by atoms with Gasteiger partial charge in [-0.15, -0.1) is 0 Å². The number of aliphatic hydroxyl groups is 1. The molecule has 1 atom stereocenters. The lowest BCUT2D eigenvalue weighted by Gasteiger charge is -2.38. The van der Waals surface area contributed by atoms with Crippen molar-refractivity contribution in [2.45, 2.75) is 19.4 Å². The Hall–Kier alpha value is -1.59. The molecule has 5 heteroatoms. The van der Waals surface area contributed by atoms with Crippen molar-refractivity contribution >= 4 is 17.0 Å². The number of H-pyrrole nitrogens is 1. The van der Waals surface area contributed by atoms with Gasteiger partial charge in [-0.1, -0.05) is 19.1 Å². The number of nitrogens with zero attached hydrogens (tertiary/aromatic N) is 3. The number of piperazine rings is 1. The summed E-state index contributed by atoms with van der Waals surface area (Å²) in [5.41, 5.74) is 2.11. The molecule has 1 aliphatic heterocycles. The molecule has 20 heavy (non-hydrogen) atoms. The number of rotatable bonds is 4. The molecule has 2 heterocycles. The van der Waals surface area contributed by atoms with Gasteiger partial charge in [0.05, 0.1) is 17.6 Å². The molecule has 1 saturated heterocycles. The van der Waals surface area contributed by atoms with Gasteiger partial charge in [-0.2, -0.15) is 0 Å². The van der Waals surface area contributed by atoms with E-state index in [9.17, 15) is 5.11 Å². The Labute approximate surface area is 119 Å². The Kier molecular flexibility index (Phi) is 3.89. The lowest BCUT2D eigenvalue weighted by atomic mass is 10.2. The molecule has 0 amide bonds. The third kappa shape index (κ3) is 2.51. The third-order valence-electron chi connectivity index (χ3n) is 4.19. The fourth-order valence-electron chi connectivity index (χ4n) is 2.89. The Morgan fingerprint density at radius 3 is 2.65 bits per heavy atom. The predicted octanol–water partition coefficient (Wildman–Crippen LogP) is 1.46. The van der Waals surface area contributed by atoms with Gasteiger partial charge in [0, 0.05) is 32.2 Å². The van der Waals surface area contributed by atoms with Crippen LogP contribution in [0, 0.1) is 0 Å². The van der Waals surface area contributed by atoms with Crippen molar-refractivity contribution in [3.63, 3.8) is 0 Å². The summed E-state index contributed by atoms with van der Waals surface area (Å²) in [6, 6.07) is 8.42. The highest BCUT2D eigenvalue weighted by Crippen LogP contribution is 2.19. The Morgan fingerprint density at radius 1 is 1.25 bits per heavy atom. The minimum Gasteiger partial charge on any atom is -0.395 e. The average molecular weight is 274 g/mol. The summed E-state index contributed by atoms with van der Waals surface area (Å²) in [7, 11) is 0. The fraction of sp³-hybridized carbons (Fsp3) is 0.533. The number of anilines is 1. The number of aromatic amines is 1. The minimum atomic E-state index is 0.251. The maximum atomic E-state index is 9.38. The van der Waals surface area contributed by atoms with Gasteiger partial charge >= 0.3 is 0 Å². The predicted molar refractivity (Wildman–Crippen MR) is 81.0 cm³/mol. The third-order valence-corrected chi connectivity index (χ3v) is 4.19. The number of hydrogen-bond acceptors (Lipinski definition) is 4. The number of benzene rings is 1. The van der Waals surface area contributed by atoms with Gasteiger partial charge in [0.15, 0.2) is 0 Å². The summed E-state index contributed by atoms with van der Waals surface area (Å²) >= 11 is 0. The monoisotopic (exact) mass is 274 g/mol. The van der Waals surface area contributed by atoms with E-state index in [4.69, 9.17) is 0 Å². The summed E-state index contributed by atoms with van der Waals surface area (Å²) in [5, 5.41) is 9.38. The topological polar surface area (TPSA) is 55.4 Å². The zero-order valence-corrected chi connectivity index (χ0v) is 11.9. The maximum absolute atomic E-state index is 9.38. The van der Waals surface area contributed by atoms with Gasteiger partial charge in [-0.3, -0.25) is 4.90 Å². The Balaban J connectivity index is 1.68. The standard InChI is InChI=1S/C15H22N4O/c1-2-12(11-20)18-7-9-19(10-8-18)15-16-13-5-3-4-6-14(13)17-15/h3-6,12,20H,2,7-11H2,1H3,(H,16,17). The molecule has 0 radical (unpaired) electrons. The first-order valence-corrected chi connectivity index (χ1v) is 7.36. The minimum absolute atomic E-state index is 0.251. The van der Waals surface area contributed by atoms with Gasteiger partial charge in [-0.25, -0.2) is 4.98 Å². The summed E-state index contributed by atoms with van der Waals surface area (Å²) < 4.78 is 0. The first-order chi connectivity index (χ1) is 9.81. The molecule has 1 aromatic heterocycles. The summed E-state index contributed by atoms with van der Waals surface area (Å²) in [5.74, 6) is 0.961. The van der Waals surface area contributed by atoms with Gasteiger partial charge < -0.3 is 15.0 Å². The van der Waals surface area contributed by atoms with Crippen molar-refractivity contribution in [3.8, 4) is 0 Å². The second-order valence-corrected chi connectivity index (χ2v) is 5.35. The molecule has 2 N–H and O–H groups in total. The second-order valence-electron chi connectivity index (χ2n) is 5.35. The van der Waals surface area contributed by atoms with Crippen LogP contribution in [0.5, 0.6) is 0 Å². The molecule has 1 aliphatic rings. The van der Waals surface area contributed by atoms with E-state index in [2.05, 4.69) is 32.8 Å². The van der Waals surface area contributed by atoms with Crippen LogP contribution in [0.4, 0.5) is 5.95 Å². The lowest BCUT2D eigenvalue weighted by Crippen LogP contribution is -2.51. The first kappa shape index (κ1) is 13.4. The number of para-hydroxylation sites is 2. The van der Waals surface area contributed by atoms with Crippen molar-refractivity contribution < 1.29 is 5.11 Å². The fourth-order valence-corrected chi connectivity index (χ4v) is 2.89. The molecule has 0 bridgehead atoms. The molecule has 1 unspecified atom stereocenters. The van der Waals surface area contributed by atoms with Crippen LogP contribution in [0.2, 0.25) is 0 Å². The molecule has 108 valence electrons. The number of aromatic nitrogens is 2. The summed E-state index contributed by atoms with van der Waals surface area (Å²) in [6.07, 6.45) is 1.00. The highest BCUT2D eigenvalue weighted by Gasteiger charge is 2.23. The molecule has 2 aromatic rings. The Bertz CT molecular complexity index is 523. The quantitative estimate of drug-likeness (QED) is 0.886. The van der Waals surface area contributed by atoms with E-state index >= 15 is 0 Å². The van der Waals surface area contributed by atoms with Crippen LogP contribution >= 0.6 is 0 Å². The second kappa shape index (κ2) is 5.81. The van der Waals surface area contributed by atoms with Crippen LogP contribution in [0.3, 0.4) is 0 Å². The smallest absolute Gasteiger partial charge is 0.203 e. The molecule has 3 rings (SSSR count). The van der Waals surface area contributed by atoms with E-state index in [1.54, 1.807) is 0 Å². The van der Waals surface area contributed by atoms with Gasteiger partial charge in [-0.05, 0) is 18.6 Å². The van der Waals surface area contributed by atoms with Gasteiger partial charge in [0.1, 0.15) is 0 Å². The van der Waals surface area contributed by atoms with E-state index in [0.717, 1.165) is 49.6 Å². The number of imidazole rings is 1. The van der Waals surface area contributed by atoms with Gasteiger partial charge in [0.2, 0.25) is 5.95 Å². The number of hydrogen-bond donors (Lipinski definition) is 2. The van der Waals surface area contributed by atoms with Crippen molar-refractivity contribution in [2.75, 3.05) is 37.7 Å². The molecule has 0 spiro atoms. The SMILES string of the molecule is CCC(CO)N1CCN(c2nc3ccccc3[nH]2)CC1. The van der Waals surface area contributed by atoms with Crippen molar-refractivity contribution in [1.82, 2.24) is 14.9 Å². The van der Waals surface area contributed by atoms with E-state index in [1.165, 1.54) is 0 Å². The molecule has 0 saturated carbocycles. The normalized spacial score (nSPS) is 18.6. The zero-order valence-electron chi connectivity index (χ0n) is 11.9. The molecular formula is C15H22N4O. The van der Waals surface area contributed by atoms with Crippen LogP contribution in [0.15, 0.2) is 24.3 Å². The summed E-state index contributed by atoms with van der Waals surface area (Å²) in [6.45, 7) is 6.26. The van der Waals surface area contributed by atoms with Crippen LogP contribution in [-0.4, -0.2) is 58.8 Å². The van der Waals surface area contributed by atoms with Crippen LogP contribution in [0.1, 0.15) is 13.3 Å². The van der Waals surface area contributed by atoms with E-state index in [0.29, 0.717) is 6.04 Å². The van der Waals surface area contributed by atoms with Crippen LogP contribution in [-0.2, 0) is 0 Å². The number of nitrogens with one attached hydrogen (secondary N) is 1. The van der Waals surface area contributed by atoms with E-state index in [1.807, 2.05) is 18.2 Å². The van der Waals surface area contributed by atoms with E-state index in [-0.39, 0.29) is 6.61 Å². The average Bonchev–Trinajstić information content (AvgIpc) is 2.93. The van der Waals surface area contributed by atoms with Crippen LogP contribution < -0.4 is 4.90 Å². The highest BCUT2D eigenvalue weighted by molar-refractivity contribution is 5.77. The summed E-state index contributed by atoms with van der Waals surface area (Å²) in [4.78, 5) is 12.7. The van der Waals surface area contributed by atoms with Crippen molar-refractivity contribution in [1.29, 1.82) is 0 Å². The van der Waals surface area contributed by atoms with Crippen molar-refractivity contribution in [2.24, 2.45) is 0 Å². The largest absolute Gasteiger partial charge is 0.395 e. The van der Waals surface area contributed by atoms with Gasteiger partial charge in [0.25, 0.3) is 0 Å². The molecule has 1 fully saturated rings. The Morgan fingerprint density at radius 2 is 2.00 bits per heavy atom. The molecule has 0 aliphatic carbocycles. The number of fused-ring (bicyclic) bond motifs is 1. The van der Waals surface area contributed by atoms with Crippen molar-refractivity contribution in [3.05, 3.63) is 24.3 Å². The highest BCUT2D eigenvalue weighted by atomic mass is 16.3. The maximum Gasteiger partial charge on any atom is 0.203 e. The lowest BCUT2D eigenvalue weighted by molar-refractivity contribution is 0.113. The van der Waals surface area contributed by atoms with E-state index < -0.39 is 0 Å². The number of aliphatic hydroxyl groups excluding tert-OH is 1. The van der Waals surface area contributed by atoms with Crippen LogP contribution in [0.25, 0.3) is 11.0 Å². The molecule has 1 aromatic carbocycles. The molecule has 5 nitrogen and oxygen atoms in total. The zero-order chi connectivity index (χ0) is 13.9. The molecular weight excluding hydrogens is 252 g/mol.